The lowest BCUT2D eigenvalue weighted by molar-refractivity contribution is 0.514. The second-order valence-corrected chi connectivity index (χ2v) is 10.3. The normalized spacial score (nSPS) is 27.2. The van der Waals surface area contributed by atoms with E-state index in [4.69, 9.17) is 0 Å². The zero-order valence-electron chi connectivity index (χ0n) is 10.2. The Morgan fingerprint density at radius 3 is 1.40 bits per heavy atom. The molecule has 0 bridgehead atoms. The van der Waals surface area contributed by atoms with Crippen molar-refractivity contribution in [1.82, 2.24) is 0 Å². The van der Waals surface area contributed by atoms with Gasteiger partial charge in [0.2, 0.25) is 0 Å². The van der Waals surface area contributed by atoms with Gasteiger partial charge in [0.15, 0.2) is 0 Å². The quantitative estimate of drug-likeness (QED) is 0.517. The molecule has 0 aromatic carbocycles. The average Bonchev–Trinajstić information content (AvgIpc) is 2.32. The van der Waals surface area contributed by atoms with Crippen LogP contribution in [0.25, 0.3) is 0 Å². The minimum Gasteiger partial charge on any atom is -0.290 e. The van der Waals surface area contributed by atoms with Crippen LogP contribution in [0.3, 0.4) is 0 Å². The molecule has 2 saturated carbocycles. The van der Waals surface area contributed by atoms with Crippen molar-refractivity contribution in [2.75, 3.05) is 0 Å². The van der Waals surface area contributed by atoms with E-state index in [0.29, 0.717) is 6.72 Å². The summed E-state index contributed by atoms with van der Waals surface area (Å²) in [6.07, 6.45) is 15.7. The van der Waals surface area contributed by atoms with E-state index in [1.807, 2.05) is 0 Å². The highest BCUT2D eigenvalue weighted by Crippen LogP contribution is 2.39. The van der Waals surface area contributed by atoms with Gasteiger partial charge in [0.05, 0.1) is 0 Å². The highest BCUT2D eigenvalue weighted by Gasteiger charge is 2.12. The van der Waals surface area contributed by atoms with Crippen LogP contribution in [0, 0.1) is 0 Å². The van der Waals surface area contributed by atoms with Crippen LogP contribution in [0.2, 0.25) is 0 Å². The van der Waals surface area contributed by atoms with Crippen LogP contribution in [-0.4, -0.2) is 18.0 Å². The second-order valence-electron chi connectivity index (χ2n) is 5.50. The third-order valence-electron chi connectivity index (χ3n) is 4.32. The Morgan fingerprint density at radius 2 is 1.00 bits per heavy atom. The van der Waals surface area contributed by atoms with Crippen LogP contribution in [0.15, 0.2) is 0 Å². The molecule has 0 aromatic heterocycles. The Kier molecular flexibility index (Phi) is 6.02. The zero-order chi connectivity index (χ0) is 10.3. The fourth-order valence-electron chi connectivity index (χ4n) is 3.27. The van der Waals surface area contributed by atoms with Crippen LogP contribution < -0.4 is 0 Å². The van der Waals surface area contributed by atoms with Crippen molar-refractivity contribution in [2.45, 2.75) is 75.5 Å². The molecule has 2 aliphatic carbocycles. The van der Waals surface area contributed by atoms with Gasteiger partial charge in [-0.2, -0.15) is 0 Å². The lowest BCUT2D eigenvalue weighted by Gasteiger charge is -2.29. The van der Waals surface area contributed by atoms with Crippen LogP contribution >= 0.6 is 16.9 Å². The maximum Gasteiger partial charge on any atom is 0.0152 e. The zero-order valence-corrected chi connectivity index (χ0v) is 12.2. The summed E-state index contributed by atoms with van der Waals surface area (Å²) in [4.78, 5) is 0. The minimum absolute atomic E-state index is 0.499. The minimum atomic E-state index is 0.499. The third-order valence-corrected chi connectivity index (χ3v) is 9.41. The first-order valence-electron chi connectivity index (χ1n) is 7.21. The Hall–Kier alpha value is 0.925. The molecular formula is C12H26BP2-. The predicted octanol–water partition coefficient (Wildman–Crippen LogP) is 4.01. The Balaban J connectivity index is 1.53. The van der Waals surface area contributed by atoms with Crippen molar-refractivity contribution >= 4 is 23.6 Å². The Labute approximate surface area is 99.5 Å². The van der Waals surface area contributed by atoms with E-state index < -0.39 is 0 Å². The van der Waals surface area contributed by atoms with E-state index in [9.17, 15) is 0 Å². The molecule has 2 aliphatic rings. The van der Waals surface area contributed by atoms with E-state index in [1.165, 1.54) is 41.1 Å². The lowest BCUT2D eigenvalue weighted by Crippen LogP contribution is -2.10. The first kappa shape index (κ1) is 12.4. The molecule has 0 nitrogen and oxygen atoms in total. The highest BCUT2D eigenvalue weighted by atomic mass is 31.1. The SMILES string of the molecule is [BH2-](PC1CCCCC1)PC1CCCCC1. The number of hydrogen-bond acceptors (Lipinski definition) is 0. The van der Waals surface area contributed by atoms with Gasteiger partial charge in [-0.15, -0.1) is 0 Å². The summed E-state index contributed by atoms with van der Waals surface area (Å²) in [7, 11) is 2.89. The molecule has 3 heteroatoms. The van der Waals surface area contributed by atoms with Gasteiger partial charge in [-0.3, -0.25) is 16.9 Å². The summed E-state index contributed by atoms with van der Waals surface area (Å²) in [5, 5.41) is 0. The standard InChI is InChI=1S/C12H26BP2/c1-3-7-11(8-4-1)14-13-15-12-9-5-2-6-10-12/h11-12,14-15H,1-10,13H2/q-1. The molecule has 0 aliphatic heterocycles. The second kappa shape index (κ2) is 7.29. The molecule has 0 amide bonds. The lowest BCUT2D eigenvalue weighted by atomic mass is 10.0. The topological polar surface area (TPSA) is 0 Å². The molecule has 2 fully saturated rings. The van der Waals surface area contributed by atoms with Gasteiger partial charge in [0, 0.05) is 6.72 Å². The fourth-order valence-corrected chi connectivity index (χ4v) is 9.18. The molecule has 2 atom stereocenters. The first-order valence-corrected chi connectivity index (χ1v) is 10.4. The molecule has 88 valence electrons. The van der Waals surface area contributed by atoms with Gasteiger partial charge in [0.25, 0.3) is 0 Å². The molecule has 2 rings (SSSR count). The number of hydrogen-bond donors (Lipinski definition) is 0. The highest BCUT2D eigenvalue weighted by molar-refractivity contribution is 8.01. The third kappa shape index (κ3) is 4.74. The van der Waals surface area contributed by atoms with Crippen LogP contribution in [-0.2, 0) is 0 Å². The van der Waals surface area contributed by atoms with Gasteiger partial charge in [-0.1, -0.05) is 49.8 Å². The van der Waals surface area contributed by atoms with Crippen molar-refractivity contribution in [3.8, 4) is 0 Å². The van der Waals surface area contributed by atoms with E-state index in [2.05, 4.69) is 0 Å². The van der Waals surface area contributed by atoms with Crippen LogP contribution in [0.4, 0.5) is 0 Å². The smallest absolute Gasteiger partial charge is 0.0152 e. The summed E-state index contributed by atoms with van der Waals surface area (Å²) < 4.78 is 0. The molecular weight excluding hydrogens is 217 g/mol. The summed E-state index contributed by atoms with van der Waals surface area (Å²) in [5.74, 6) is 0. The Morgan fingerprint density at radius 1 is 0.600 bits per heavy atom. The van der Waals surface area contributed by atoms with Gasteiger partial charge >= 0.3 is 0 Å². The van der Waals surface area contributed by atoms with Crippen molar-refractivity contribution in [2.24, 2.45) is 0 Å². The van der Waals surface area contributed by atoms with Crippen LogP contribution in [0.1, 0.15) is 64.2 Å². The van der Waals surface area contributed by atoms with Crippen molar-refractivity contribution < 1.29 is 0 Å². The predicted molar refractivity (Wildman–Crippen MR) is 78.9 cm³/mol. The average molecular weight is 243 g/mol. The van der Waals surface area contributed by atoms with E-state index in [-0.39, 0.29) is 0 Å². The molecule has 0 spiro atoms. The molecule has 0 aromatic rings. The van der Waals surface area contributed by atoms with Gasteiger partial charge in [-0.25, -0.2) is 0 Å². The Bertz CT molecular complexity index is 145. The molecule has 15 heavy (non-hydrogen) atoms. The maximum absolute atomic E-state index is 1.59. The maximum atomic E-state index is 1.59. The summed E-state index contributed by atoms with van der Waals surface area (Å²) in [6.45, 7) is 0.499. The van der Waals surface area contributed by atoms with E-state index >= 15 is 0 Å². The molecule has 2 unspecified atom stereocenters. The molecule has 0 saturated heterocycles. The summed E-state index contributed by atoms with van der Waals surface area (Å²) in [6, 6.07) is 0. The monoisotopic (exact) mass is 243 g/mol. The molecule has 0 radical (unpaired) electrons. The van der Waals surface area contributed by atoms with Gasteiger partial charge in [-0.05, 0) is 25.7 Å². The van der Waals surface area contributed by atoms with Gasteiger partial charge in [0.1, 0.15) is 0 Å². The molecule has 0 N–H and O–H groups in total. The van der Waals surface area contributed by atoms with Crippen LogP contribution in [0.5, 0.6) is 0 Å². The largest absolute Gasteiger partial charge is 0.290 e. The van der Waals surface area contributed by atoms with Crippen molar-refractivity contribution in [3.05, 3.63) is 0 Å². The summed E-state index contributed by atoms with van der Waals surface area (Å²) in [5.41, 5.74) is 2.41. The first-order chi connectivity index (χ1) is 7.45. The van der Waals surface area contributed by atoms with E-state index in [1.54, 1.807) is 51.4 Å². The fraction of sp³-hybridized carbons (Fsp3) is 1.00. The summed E-state index contributed by atoms with van der Waals surface area (Å²) >= 11 is 0. The number of rotatable bonds is 4. The molecule has 0 heterocycles. The van der Waals surface area contributed by atoms with E-state index in [0.717, 1.165) is 0 Å². The van der Waals surface area contributed by atoms with Crippen molar-refractivity contribution in [1.29, 1.82) is 0 Å². The van der Waals surface area contributed by atoms with Crippen molar-refractivity contribution in [3.63, 3.8) is 0 Å². The van der Waals surface area contributed by atoms with Gasteiger partial charge < -0.3 is 0 Å².